The van der Waals surface area contributed by atoms with E-state index in [1.54, 1.807) is 0 Å². The molecule has 3 aromatic carbocycles. The first kappa shape index (κ1) is 18.8. The summed E-state index contributed by atoms with van der Waals surface area (Å²) >= 11 is 0. The fourth-order valence-electron chi connectivity index (χ4n) is 4.56. The average molecular weight is 394 g/mol. The van der Waals surface area contributed by atoms with E-state index in [0.29, 0.717) is 12.0 Å². The predicted molar refractivity (Wildman–Crippen MR) is 126 cm³/mol. The maximum absolute atomic E-state index is 4.98. The number of imidazole rings is 1. The van der Waals surface area contributed by atoms with Crippen LogP contribution in [-0.2, 0) is 0 Å². The Morgan fingerprint density at radius 3 is 2.17 bits per heavy atom. The molecule has 1 saturated carbocycles. The Balaban J connectivity index is 1.61. The van der Waals surface area contributed by atoms with Crippen LogP contribution in [0.2, 0.25) is 0 Å². The topological polar surface area (TPSA) is 41.0 Å². The van der Waals surface area contributed by atoms with Crippen molar-refractivity contribution >= 4 is 17.2 Å². The Kier molecular flexibility index (Phi) is 5.18. The van der Waals surface area contributed by atoms with Crippen LogP contribution in [0.1, 0.15) is 38.4 Å². The molecule has 0 spiro atoms. The minimum atomic E-state index is 0.411. The molecular weight excluding hydrogens is 366 g/mol. The minimum Gasteiger partial charge on any atom is -0.337 e. The van der Waals surface area contributed by atoms with Crippen LogP contribution in [0.15, 0.2) is 77.8 Å². The molecule has 0 amide bonds. The van der Waals surface area contributed by atoms with Gasteiger partial charge in [-0.05, 0) is 29.9 Å². The highest BCUT2D eigenvalue weighted by Gasteiger charge is 2.20. The second-order valence-electron chi connectivity index (χ2n) is 8.35. The molecule has 1 aliphatic carbocycles. The molecule has 2 atom stereocenters. The van der Waals surface area contributed by atoms with Crippen molar-refractivity contribution in [1.29, 1.82) is 0 Å². The summed E-state index contributed by atoms with van der Waals surface area (Å²) in [5, 5.41) is 0. The van der Waals surface area contributed by atoms with Crippen LogP contribution in [0.5, 0.6) is 0 Å². The summed E-state index contributed by atoms with van der Waals surface area (Å²) in [5.74, 6) is 1.49. The highest BCUT2D eigenvalue weighted by molar-refractivity contribution is 6.02. The van der Waals surface area contributed by atoms with Crippen LogP contribution >= 0.6 is 0 Å². The van der Waals surface area contributed by atoms with Crippen LogP contribution in [-0.4, -0.2) is 22.2 Å². The van der Waals surface area contributed by atoms with Crippen LogP contribution in [0.25, 0.3) is 33.3 Å². The molecule has 3 nitrogen and oxygen atoms in total. The van der Waals surface area contributed by atoms with E-state index in [4.69, 9.17) is 9.98 Å². The molecule has 0 aliphatic heterocycles. The Bertz CT molecular complexity index is 1080. The lowest BCUT2D eigenvalue weighted by atomic mass is 9.86. The summed E-state index contributed by atoms with van der Waals surface area (Å²) < 4.78 is 0. The third-order valence-electron chi connectivity index (χ3n) is 6.29. The van der Waals surface area contributed by atoms with Crippen LogP contribution < -0.4 is 0 Å². The Hall–Kier alpha value is -3.20. The van der Waals surface area contributed by atoms with Gasteiger partial charge in [-0.25, -0.2) is 4.98 Å². The van der Waals surface area contributed by atoms with Crippen LogP contribution in [0.4, 0.5) is 0 Å². The van der Waals surface area contributed by atoms with Gasteiger partial charge in [0.25, 0.3) is 0 Å². The van der Waals surface area contributed by atoms with Crippen molar-refractivity contribution in [3.8, 4) is 22.3 Å². The standard InChI is InChI=1S/C27H27N3/c1-19-10-8-9-15-24(19)28-18-25-29-26-22(20-11-4-2-5-12-20)16-17-23(27(26)30-25)21-13-6-3-7-14-21/h2-7,11-14,16-19,24H,8-10,15H2,1H3,(H,29,30)/b28-18+. The fraction of sp³-hybridized carbons (Fsp3) is 0.259. The fourth-order valence-corrected chi connectivity index (χ4v) is 4.56. The van der Waals surface area contributed by atoms with E-state index in [-0.39, 0.29) is 0 Å². The Labute approximate surface area is 177 Å². The second kappa shape index (κ2) is 8.27. The Morgan fingerprint density at radius 2 is 1.47 bits per heavy atom. The van der Waals surface area contributed by atoms with Gasteiger partial charge in [-0.15, -0.1) is 0 Å². The monoisotopic (exact) mass is 393 g/mol. The van der Waals surface area contributed by atoms with E-state index in [1.165, 1.54) is 42.4 Å². The van der Waals surface area contributed by atoms with Gasteiger partial charge >= 0.3 is 0 Å². The quantitative estimate of drug-likeness (QED) is 0.377. The van der Waals surface area contributed by atoms with Crippen molar-refractivity contribution in [2.24, 2.45) is 10.9 Å². The summed E-state index contributed by atoms with van der Waals surface area (Å²) in [7, 11) is 0. The van der Waals surface area contributed by atoms with Gasteiger partial charge in [0.1, 0.15) is 5.82 Å². The second-order valence-corrected chi connectivity index (χ2v) is 8.35. The average Bonchev–Trinajstić information content (AvgIpc) is 3.23. The summed E-state index contributed by atoms with van der Waals surface area (Å²) in [6.45, 7) is 2.32. The number of hydrogen-bond acceptors (Lipinski definition) is 2. The summed E-state index contributed by atoms with van der Waals surface area (Å²) in [5.41, 5.74) is 6.75. The highest BCUT2D eigenvalue weighted by Crippen LogP contribution is 2.34. The molecule has 1 heterocycles. The third kappa shape index (κ3) is 3.68. The molecule has 1 aliphatic rings. The zero-order chi connectivity index (χ0) is 20.3. The van der Waals surface area contributed by atoms with E-state index in [2.05, 4.69) is 78.6 Å². The first-order valence-electron chi connectivity index (χ1n) is 11.0. The van der Waals surface area contributed by atoms with Gasteiger partial charge in [-0.3, -0.25) is 4.99 Å². The first-order chi connectivity index (χ1) is 14.8. The minimum absolute atomic E-state index is 0.411. The maximum Gasteiger partial charge on any atom is 0.149 e. The van der Waals surface area contributed by atoms with Crippen molar-refractivity contribution in [2.75, 3.05) is 0 Å². The number of fused-ring (bicyclic) bond motifs is 1. The predicted octanol–water partition coefficient (Wildman–Crippen LogP) is 6.89. The molecule has 0 saturated heterocycles. The number of nitrogens with zero attached hydrogens (tertiary/aromatic N) is 2. The molecule has 3 heteroatoms. The SMILES string of the molecule is CC1CCCCC1/N=C/c1nc2c(-c3ccccc3)ccc(-c3ccccc3)c2[nH]1. The number of benzene rings is 3. The highest BCUT2D eigenvalue weighted by atomic mass is 14.9. The van der Waals surface area contributed by atoms with Gasteiger partial charge in [0.2, 0.25) is 0 Å². The van der Waals surface area contributed by atoms with E-state index in [9.17, 15) is 0 Å². The smallest absolute Gasteiger partial charge is 0.149 e. The number of H-pyrrole nitrogens is 1. The lowest BCUT2D eigenvalue weighted by Crippen LogP contribution is -2.20. The largest absolute Gasteiger partial charge is 0.337 e. The summed E-state index contributed by atoms with van der Waals surface area (Å²) in [4.78, 5) is 13.5. The molecule has 2 unspecified atom stereocenters. The molecule has 1 fully saturated rings. The van der Waals surface area contributed by atoms with E-state index in [1.807, 2.05) is 12.3 Å². The normalized spacial score (nSPS) is 19.5. The molecule has 1 N–H and O–H groups in total. The first-order valence-corrected chi connectivity index (χ1v) is 11.0. The number of aliphatic imine (C=N–C) groups is 1. The summed E-state index contributed by atoms with van der Waals surface area (Å²) in [6.07, 6.45) is 7.03. The van der Waals surface area contributed by atoms with Crippen molar-refractivity contribution in [3.05, 3.63) is 78.6 Å². The van der Waals surface area contributed by atoms with Gasteiger partial charge in [0.05, 0.1) is 23.3 Å². The van der Waals surface area contributed by atoms with Crippen LogP contribution in [0, 0.1) is 5.92 Å². The number of hydrogen-bond donors (Lipinski definition) is 1. The van der Waals surface area contributed by atoms with Gasteiger partial charge in [0.15, 0.2) is 0 Å². The number of aromatic nitrogens is 2. The van der Waals surface area contributed by atoms with Crippen LogP contribution in [0.3, 0.4) is 0 Å². The maximum atomic E-state index is 4.98. The number of nitrogens with one attached hydrogen (secondary N) is 1. The molecular formula is C27H27N3. The molecule has 150 valence electrons. The van der Waals surface area contributed by atoms with Gasteiger partial charge in [-0.1, -0.05) is 92.6 Å². The van der Waals surface area contributed by atoms with Crippen molar-refractivity contribution in [2.45, 2.75) is 38.6 Å². The molecule has 1 aromatic heterocycles. The zero-order valence-electron chi connectivity index (χ0n) is 17.4. The molecule has 5 rings (SSSR count). The Morgan fingerprint density at radius 1 is 0.833 bits per heavy atom. The zero-order valence-corrected chi connectivity index (χ0v) is 17.4. The molecule has 0 radical (unpaired) electrons. The number of aromatic amines is 1. The van der Waals surface area contributed by atoms with Gasteiger partial charge in [-0.2, -0.15) is 0 Å². The molecule has 30 heavy (non-hydrogen) atoms. The molecule has 0 bridgehead atoms. The third-order valence-corrected chi connectivity index (χ3v) is 6.29. The lowest BCUT2D eigenvalue weighted by molar-refractivity contribution is 0.333. The lowest BCUT2D eigenvalue weighted by Gasteiger charge is -2.24. The van der Waals surface area contributed by atoms with Crippen molar-refractivity contribution in [3.63, 3.8) is 0 Å². The van der Waals surface area contributed by atoms with E-state index < -0.39 is 0 Å². The van der Waals surface area contributed by atoms with Gasteiger partial charge in [0, 0.05) is 11.1 Å². The van der Waals surface area contributed by atoms with Gasteiger partial charge < -0.3 is 4.98 Å². The van der Waals surface area contributed by atoms with Crippen molar-refractivity contribution in [1.82, 2.24) is 9.97 Å². The molecule has 4 aromatic rings. The van der Waals surface area contributed by atoms with E-state index >= 15 is 0 Å². The van der Waals surface area contributed by atoms with Crippen molar-refractivity contribution < 1.29 is 0 Å². The van der Waals surface area contributed by atoms with E-state index in [0.717, 1.165) is 22.4 Å². The summed E-state index contributed by atoms with van der Waals surface area (Å²) in [6, 6.07) is 25.8. The number of rotatable bonds is 4.